The van der Waals surface area contributed by atoms with Crippen LogP contribution in [0, 0.1) is 11.3 Å². The molecule has 0 bridgehead atoms. The van der Waals surface area contributed by atoms with Crippen molar-refractivity contribution in [3.05, 3.63) is 52.6 Å². The van der Waals surface area contributed by atoms with Gasteiger partial charge in [0.05, 0.1) is 18.2 Å². The highest BCUT2D eigenvalue weighted by molar-refractivity contribution is 9.10. The van der Waals surface area contributed by atoms with E-state index in [4.69, 9.17) is 10.00 Å². The molecule has 1 aromatic heterocycles. The topological polar surface area (TPSA) is 45.9 Å². The second-order valence-corrected chi connectivity index (χ2v) is 5.92. The summed E-state index contributed by atoms with van der Waals surface area (Å²) in [5, 5.41) is 9.80. The summed E-state index contributed by atoms with van der Waals surface area (Å²) in [6.45, 7) is 0.631. The number of thioether (sulfide) groups is 1. The highest BCUT2D eigenvalue weighted by Crippen LogP contribution is 2.25. The van der Waals surface area contributed by atoms with Gasteiger partial charge in [0.15, 0.2) is 0 Å². The van der Waals surface area contributed by atoms with E-state index in [9.17, 15) is 0 Å². The summed E-state index contributed by atoms with van der Waals surface area (Å²) in [6.07, 6.45) is 2.71. The largest absolute Gasteiger partial charge is 0.494 e. The zero-order valence-electron chi connectivity index (χ0n) is 10.8. The third-order valence-electron chi connectivity index (χ3n) is 2.48. The van der Waals surface area contributed by atoms with Gasteiger partial charge in [0, 0.05) is 16.4 Å². The number of benzene rings is 1. The molecule has 0 aliphatic heterocycles. The number of ether oxygens (including phenoxy) is 1. The molecule has 0 spiro atoms. The lowest BCUT2D eigenvalue weighted by molar-refractivity contribution is 0.318. The van der Waals surface area contributed by atoms with Crippen molar-refractivity contribution in [2.45, 2.75) is 11.4 Å². The maximum atomic E-state index is 8.80. The van der Waals surface area contributed by atoms with Gasteiger partial charge in [-0.05, 0) is 52.7 Å². The Bertz CT molecular complexity index is 613. The summed E-state index contributed by atoms with van der Waals surface area (Å²) in [7, 11) is 0. The van der Waals surface area contributed by atoms with E-state index in [0.29, 0.717) is 12.2 Å². The molecule has 20 heavy (non-hydrogen) atoms. The van der Waals surface area contributed by atoms with E-state index < -0.39 is 0 Å². The molecule has 0 aliphatic carbocycles. The predicted octanol–water partition coefficient (Wildman–Crippen LogP) is 4.28. The molecule has 2 aromatic rings. The average Bonchev–Trinajstić information content (AvgIpc) is 2.49. The van der Waals surface area contributed by atoms with E-state index in [1.54, 1.807) is 30.1 Å². The number of aromatic nitrogens is 1. The zero-order chi connectivity index (χ0) is 14.2. The molecule has 0 atom stereocenters. The minimum absolute atomic E-state index is 0.620. The molecule has 102 valence electrons. The van der Waals surface area contributed by atoms with Gasteiger partial charge in [0.2, 0.25) is 0 Å². The minimum Gasteiger partial charge on any atom is -0.494 e. The molecule has 0 saturated heterocycles. The average molecular weight is 349 g/mol. The Morgan fingerprint density at radius 3 is 3.00 bits per heavy atom. The quantitative estimate of drug-likeness (QED) is 0.577. The second kappa shape index (κ2) is 7.93. The number of rotatable bonds is 6. The van der Waals surface area contributed by atoms with E-state index in [-0.39, 0.29) is 0 Å². The summed E-state index contributed by atoms with van der Waals surface area (Å²) in [5.74, 6) is 1.68. The van der Waals surface area contributed by atoms with Crippen molar-refractivity contribution in [3.63, 3.8) is 0 Å². The van der Waals surface area contributed by atoms with Crippen LogP contribution in [0.15, 0.2) is 52.1 Å². The highest BCUT2D eigenvalue weighted by Gasteiger charge is 2.01. The lowest BCUT2D eigenvalue weighted by Crippen LogP contribution is -1.99. The van der Waals surface area contributed by atoms with Crippen LogP contribution in [0.1, 0.15) is 12.0 Å². The molecule has 1 aromatic carbocycles. The molecule has 2 rings (SSSR count). The van der Waals surface area contributed by atoms with E-state index in [0.717, 1.165) is 27.4 Å². The Morgan fingerprint density at radius 2 is 2.20 bits per heavy atom. The van der Waals surface area contributed by atoms with E-state index >= 15 is 0 Å². The lowest BCUT2D eigenvalue weighted by atomic mass is 10.2. The SMILES string of the molecule is N#Cc1cccc(OCCCSc2ncccc2Br)c1. The number of pyridine rings is 1. The van der Waals surface area contributed by atoms with Gasteiger partial charge < -0.3 is 4.74 Å². The molecule has 0 N–H and O–H groups in total. The highest BCUT2D eigenvalue weighted by atomic mass is 79.9. The van der Waals surface area contributed by atoms with Crippen LogP contribution >= 0.6 is 27.7 Å². The molecule has 0 unspecified atom stereocenters. The number of nitriles is 1. The summed E-state index contributed by atoms with van der Waals surface area (Å²) in [6, 6.07) is 13.2. The Balaban J connectivity index is 1.72. The van der Waals surface area contributed by atoms with Gasteiger partial charge in [-0.1, -0.05) is 6.07 Å². The van der Waals surface area contributed by atoms with Crippen LogP contribution < -0.4 is 4.74 Å². The van der Waals surface area contributed by atoms with Crippen LogP contribution in [0.25, 0.3) is 0 Å². The van der Waals surface area contributed by atoms with Crippen molar-refractivity contribution in [2.75, 3.05) is 12.4 Å². The molecule has 0 radical (unpaired) electrons. The van der Waals surface area contributed by atoms with Crippen molar-refractivity contribution < 1.29 is 4.74 Å². The third-order valence-corrected chi connectivity index (χ3v) is 4.48. The fraction of sp³-hybridized carbons (Fsp3) is 0.200. The molecular weight excluding hydrogens is 336 g/mol. The molecule has 0 aliphatic rings. The fourth-order valence-corrected chi connectivity index (χ4v) is 2.95. The van der Waals surface area contributed by atoms with E-state index in [1.807, 2.05) is 24.3 Å². The molecule has 1 heterocycles. The summed E-state index contributed by atoms with van der Waals surface area (Å²) < 4.78 is 6.64. The van der Waals surface area contributed by atoms with Gasteiger partial charge in [0.1, 0.15) is 10.8 Å². The smallest absolute Gasteiger partial charge is 0.120 e. The summed E-state index contributed by atoms with van der Waals surface area (Å²) in [5.41, 5.74) is 0.620. The Labute approximate surface area is 131 Å². The van der Waals surface area contributed by atoms with Crippen molar-refractivity contribution in [1.29, 1.82) is 5.26 Å². The number of hydrogen-bond acceptors (Lipinski definition) is 4. The van der Waals surface area contributed by atoms with Crippen LogP contribution in [0.4, 0.5) is 0 Å². The van der Waals surface area contributed by atoms with Crippen LogP contribution in [-0.2, 0) is 0 Å². The first kappa shape index (κ1) is 14.9. The lowest BCUT2D eigenvalue weighted by Gasteiger charge is -2.06. The molecule has 3 nitrogen and oxygen atoms in total. The second-order valence-electron chi connectivity index (χ2n) is 3.98. The third kappa shape index (κ3) is 4.55. The fourth-order valence-electron chi connectivity index (χ4n) is 1.55. The van der Waals surface area contributed by atoms with E-state index in [2.05, 4.69) is 27.0 Å². The maximum Gasteiger partial charge on any atom is 0.120 e. The van der Waals surface area contributed by atoms with Crippen LogP contribution in [-0.4, -0.2) is 17.3 Å². The first-order valence-electron chi connectivity index (χ1n) is 6.16. The summed E-state index contributed by atoms with van der Waals surface area (Å²) >= 11 is 5.17. The van der Waals surface area contributed by atoms with Crippen LogP contribution in [0.5, 0.6) is 5.75 Å². The molecule has 5 heteroatoms. The number of nitrogens with zero attached hydrogens (tertiary/aromatic N) is 2. The Kier molecular flexibility index (Phi) is 5.90. The van der Waals surface area contributed by atoms with E-state index in [1.165, 1.54) is 0 Å². The number of hydrogen-bond donors (Lipinski definition) is 0. The maximum absolute atomic E-state index is 8.80. The van der Waals surface area contributed by atoms with Crippen molar-refractivity contribution in [3.8, 4) is 11.8 Å². The molecule has 0 amide bonds. The molecular formula is C15H13BrN2OS. The molecule has 0 fully saturated rings. The van der Waals surface area contributed by atoms with Crippen LogP contribution in [0.2, 0.25) is 0 Å². The van der Waals surface area contributed by atoms with Crippen molar-refractivity contribution >= 4 is 27.7 Å². The number of halogens is 1. The van der Waals surface area contributed by atoms with Crippen LogP contribution in [0.3, 0.4) is 0 Å². The first-order valence-corrected chi connectivity index (χ1v) is 7.94. The van der Waals surface area contributed by atoms with Gasteiger partial charge in [0.25, 0.3) is 0 Å². The Morgan fingerprint density at radius 1 is 1.30 bits per heavy atom. The zero-order valence-corrected chi connectivity index (χ0v) is 13.2. The van der Waals surface area contributed by atoms with Gasteiger partial charge >= 0.3 is 0 Å². The standard InChI is InChI=1S/C15H13BrN2OS/c16-14-6-2-7-18-15(14)20-9-3-8-19-13-5-1-4-12(10-13)11-17/h1-2,4-7,10H,3,8-9H2. The minimum atomic E-state index is 0.620. The monoisotopic (exact) mass is 348 g/mol. The normalized spacial score (nSPS) is 10.0. The van der Waals surface area contributed by atoms with Crippen molar-refractivity contribution in [2.24, 2.45) is 0 Å². The van der Waals surface area contributed by atoms with Crippen molar-refractivity contribution in [1.82, 2.24) is 4.98 Å². The predicted molar refractivity (Wildman–Crippen MR) is 83.9 cm³/mol. The Hall–Kier alpha value is -1.51. The first-order chi connectivity index (χ1) is 9.79. The summed E-state index contributed by atoms with van der Waals surface area (Å²) in [4.78, 5) is 4.30. The van der Waals surface area contributed by atoms with Gasteiger partial charge in [-0.15, -0.1) is 11.8 Å². The van der Waals surface area contributed by atoms with Gasteiger partial charge in [-0.25, -0.2) is 4.98 Å². The van der Waals surface area contributed by atoms with Gasteiger partial charge in [-0.2, -0.15) is 5.26 Å². The van der Waals surface area contributed by atoms with Gasteiger partial charge in [-0.3, -0.25) is 0 Å². The molecule has 0 saturated carbocycles.